The molecule has 0 radical (unpaired) electrons. The molecular weight excluding hydrogens is 526 g/mol. The molecule has 0 aliphatic carbocycles. The summed E-state index contributed by atoms with van der Waals surface area (Å²) in [6.07, 6.45) is 2.17. The molecule has 204 valence electrons. The zero-order valence-electron chi connectivity index (χ0n) is 29.9. The largest absolute Gasteiger partial charge is 0.494 e. The van der Waals surface area contributed by atoms with E-state index in [0.29, 0.717) is 11.1 Å². The molecule has 2 heterocycles. The molecule has 4 rings (SSSR count). The van der Waals surface area contributed by atoms with E-state index in [1.54, 1.807) is 18.2 Å². The lowest BCUT2D eigenvalue weighted by Gasteiger charge is -2.16. The number of anilines is 2. The minimum atomic E-state index is -2.40. The predicted octanol–water partition coefficient (Wildman–Crippen LogP) is 6.11. The minimum Gasteiger partial charge on any atom is -0.494 e. The van der Waals surface area contributed by atoms with Crippen molar-refractivity contribution in [1.82, 2.24) is 14.9 Å². The van der Waals surface area contributed by atoms with Crippen LogP contribution >= 0.6 is 11.6 Å². The average Bonchev–Trinajstić information content (AvgIpc) is 3.01. The van der Waals surface area contributed by atoms with E-state index in [9.17, 15) is 10.1 Å². The van der Waals surface area contributed by atoms with Crippen molar-refractivity contribution in [2.75, 3.05) is 32.5 Å². The van der Waals surface area contributed by atoms with Crippen LogP contribution in [0.2, 0.25) is 5.02 Å². The third kappa shape index (κ3) is 7.35. The van der Waals surface area contributed by atoms with E-state index in [2.05, 4.69) is 21.4 Å². The second-order valence-corrected chi connectivity index (χ2v) is 8.89. The molecule has 2 aromatic carbocycles. The fourth-order valence-electron chi connectivity index (χ4n) is 3.59. The quantitative estimate of drug-likeness (QED) is 0.206. The second-order valence-electron chi connectivity index (χ2n) is 8.49. The number of rotatable bonds is 12. The lowest BCUT2D eigenvalue weighted by molar-refractivity contribution is -0.114. The zero-order valence-corrected chi connectivity index (χ0v) is 22.6. The molecule has 0 fully saturated rings. The molecule has 0 aliphatic rings. The Hall–Kier alpha value is -4.45. The van der Waals surface area contributed by atoms with E-state index < -0.39 is 43.9 Å². The van der Waals surface area contributed by atoms with Crippen LogP contribution in [0, 0.1) is 11.3 Å². The molecule has 0 saturated heterocycles. The first kappa shape index (κ1) is 19.6. The van der Waals surface area contributed by atoms with E-state index in [1.165, 1.54) is 56.8 Å². The van der Waals surface area contributed by atoms with Gasteiger partial charge in [-0.25, -0.2) is 0 Å². The summed E-state index contributed by atoms with van der Waals surface area (Å²) in [4.78, 5) is 22.6. The Morgan fingerprint density at radius 3 is 2.75 bits per heavy atom. The molecule has 0 spiro atoms. The molecule has 0 unspecified atom stereocenters. The van der Waals surface area contributed by atoms with Crippen LogP contribution in [-0.2, 0) is 17.8 Å². The molecule has 0 aliphatic heterocycles. The van der Waals surface area contributed by atoms with Gasteiger partial charge in [0.1, 0.15) is 24.1 Å². The van der Waals surface area contributed by atoms with Crippen molar-refractivity contribution in [2.24, 2.45) is 0 Å². The summed E-state index contributed by atoms with van der Waals surface area (Å²) < 4.78 is 75.9. The standard InChI is InChI=1S/C31H30ClN5O3/c1-4-39-30-17-28-26(15-21(30)14-25(38)9-7-13-37(2)3)31(22(18-33)19-35-28)36-23-10-11-29(27(32)16-23)40-20-24-8-5-6-12-34-24/h5-12,15-17,19H,4,13-14,20H2,1-3H3,(H,35,36)/b9-7+/i4D2,7D,9D,13D2,20D2. The van der Waals surface area contributed by atoms with Gasteiger partial charge in [-0.05, 0) is 63.5 Å². The number of pyridine rings is 2. The van der Waals surface area contributed by atoms with E-state index in [0.717, 1.165) is 11.8 Å². The number of fused-ring (bicyclic) bond motifs is 1. The third-order valence-electron chi connectivity index (χ3n) is 5.35. The SMILES string of the molecule is [2H]/C(C(=O)Cc1cc2c(Nc3ccc(OC([2H])([2H])c4ccccn4)c(Cl)c3)c(C#N)cnc2cc1OC([2H])([2H])C)=C(/[2H])C([2H])([2H])N(C)C. The highest BCUT2D eigenvalue weighted by Crippen LogP contribution is 2.36. The first-order valence-corrected chi connectivity index (χ1v) is 12.3. The molecule has 2 aromatic heterocycles. The van der Waals surface area contributed by atoms with Gasteiger partial charge in [-0.2, -0.15) is 5.26 Å². The molecule has 0 amide bonds. The summed E-state index contributed by atoms with van der Waals surface area (Å²) in [5.41, 5.74) is 1.10. The molecule has 40 heavy (non-hydrogen) atoms. The number of nitriles is 1. The lowest BCUT2D eigenvalue weighted by atomic mass is 10.0. The van der Waals surface area contributed by atoms with Gasteiger partial charge in [-0.3, -0.25) is 14.8 Å². The average molecular weight is 564 g/mol. The molecule has 8 nitrogen and oxygen atoms in total. The molecule has 4 aromatic rings. The second kappa shape index (κ2) is 13.6. The number of hydrogen-bond acceptors (Lipinski definition) is 8. The first-order chi connectivity index (χ1) is 22.3. The highest BCUT2D eigenvalue weighted by Gasteiger charge is 2.16. The Kier molecular flexibility index (Phi) is 6.64. The van der Waals surface area contributed by atoms with Crippen molar-refractivity contribution < 1.29 is 25.2 Å². The maximum atomic E-state index is 13.2. The van der Waals surface area contributed by atoms with Gasteiger partial charge in [-0.15, -0.1) is 0 Å². The van der Waals surface area contributed by atoms with E-state index in [4.69, 9.17) is 32.0 Å². The van der Waals surface area contributed by atoms with Crippen molar-refractivity contribution in [3.63, 3.8) is 0 Å². The normalized spacial score (nSPS) is 15.6. The van der Waals surface area contributed by atoms with E-state index in [1.807, 2.05) is 0 Å². The number of carbonyl (C=O) groups excluding carboxylic acids is 1. The number of likely N-dealkylation sites (N-methyl/N-ethyl adjacent to an activating group) is 1. The number of carbonyl (C=O) groups is 1. The van der Waals surface area contributed by atoms with Crippen LogP contribution in [0.15, 0.2) is 73.0 Å². The van der Waals surface area contributed by atoms with Gasteiger partial charge in [0.25, 0.3) is 0 Å². The fraction of sp³-hybridized carbons (Fsp3) is 0.226. The molecule has 1 N–H and O–H groups in total. The van der Waals surface area contributed by atoms with Crippen LogP contribution in [0.5, 0.6) is 11.5 Å². The van der Waals surface area contributed by atoms with Crippen LogP contribution in [0.25, 0.3) is 10.9 Å². The number of aromatic nitrogens is 2. The summed E-state index contributed by atoms with van der Waals surface area (Å²) in [5.74, 6) is -0.965. The fourth-order valence-corrected chi connectivity index (χ4v) is 3.81. The summed E-state index contributed by atoms with van der Waals surface area (Å²) in [6, 6.07) is 12.3. The van der Waals surface area contributed by atoms with Crippen molar-refractivity contribution >= 4 is 39.7 Å². The number of nitrogens with one attached hydrogen (secondary N) is 1. The van der Waals surface area contributed by atoms with Crippen molar-refractivity contribution in [3.05, 3.63) is 94.9 Å². The van der Waals surface area contributed by atoms with E-state index >= 15 is 0 Å². The van der Waals surface area contributed by atoms with Gasteiger partial charge in [-0.1, -0.05) is 23.7 Å². The Morgan fingerprint density at radius 1 is 1.20 bits per heavy atom. The Morgan fingerprint density at radius 2 is 2.05 bits per heavy atom. The monoisotopic (exact) mass is 563 g/mol. The van der Waals surface area contributed by atoms with Crippen LogP contribution in [0.4, 0.5) is 11.4 Å². The third-order valence-corrected chi connectivity index (χ3v) is 5.64. The smallest absolute Gasteiger partial charge is 0.159 e. The van der Waals surface area contributed by atoms with Crippen molar-refractivity contribution in [1.29, 1.82) is 5.26 Å². The van der Waals surface area contributed by atoms with Crippen molar-refractivity contribution in [3.8, 4) is 17.6 Å². The highest BCUT2D eigenvalue weighted by molar-refractivity contribution is 6.32. The van der Waals surface area contributed by atoms with Gasteiger partial charge < -0.3 is 19.7 Å². The maximum absolute atomic E-state index is 13.2. The number of hydrogen-bond donors (Lipinski definition) is 1. The summed E-state index contributed by atoms with van der Waals surface area (Å²) >= 11 is 6.47. The molecule has 0 atom stereocenters. The number of nitrogens with zero attached hydrogens (tertiary/aromatic N) is 4. The van der Waals surface area contributed by atoms with Gasteiger partial charge >= 0.3 is 0 Å². The summed E-state index contributed by atoms with van der Waals surface area (Å²) in [6.45, 7) is -5.72. The number of halogens is 1. The molecule has 0 saturated carbocycles. The van der Waals surface area contributed by atoms with Gasteiger partial charge in [0, 0.05) is 50.8 Å². The molecule has 9 heteroatoms. The summed E-state index contributed by atoms with van der Waals surface area (Å²) in [7, 11) is 2.74. The first-order valence-electron chi connectivity index (χ1n) is 15.9. The van der Waals surface area contributed by atoms with Crippen LogP contribution in [-0.4, -0.2) is 47.8 Å². The van der Waals surface area contributed by atoms with E-state index in [-0.39, 0.29) is 44.5 Å². The van der Waals surface area contributed by atoms with Crippen LogP contribution < -0.4 is 14.8 Å². The number of benzene rings is 2. The number of ketones is 1. The van der Waals surface area contributed by atoms with Crippen LogP contribution in [0.1, 0.15) is 34.7 Å². The molecule has 0 bridgehead atoms. The number of allylic oxidation sites excluding steroid dienone is 1. The topological polar surface area (TPSA) is 100 Å². The maximum Gasteiger partial charge on any atom is 0.159 e. The number of ether oxygens (including phenoxy) is 2. The molecular formula is C31H30ClN5O3. The Labute approximate surface area is 250 Å². The predicted molar refractivity (Wildman–Crippen MR) is 157 cm³/mol. The van der Waals surface area contributed by atoms with Gasteiger partial charge in [0.15, 0.2) is 5.78 Å². The van der Waals surface area contributed by atoms with Gasteiger partial charge in [0.05, 0.1) is 42.3 Å². The van der Waals surface area contributed by atoms with Crippen molar-refractivity contribution in [2.45, 2.75) is 19.9 Å². The highest BCUT2D eigenvalue weighted by atomic mass is 35.5. The lowest BCUT2D eigenvalue weighted by Crippen LogP contribution is -2.11. The Bertz CT molecular complexity index is 1930. The zero-order chi connectivity index (χ0) is 35.6. The minimum absolute atomic E-state index is 0.0287. The van der Waals surface area contributed by atoms with Crippen LogP contribution in [0.3, 0.4) is 0 Å². The Balaban J connectivity index is 1.76. The summed E-state index contributed by atoms with van der Waals surface area (Å²) in [5, 5.41) is 13.4. The van der Waals surface area contributed by atoms with Gasteiger partial charge in [0.2, 0.25) is 0 Å².